The smallest absolute Gasteiger partial charge is 0.313 e. The molecular formula is C14H24N4O2S. The quantitative estimate of drug-likeness (QED) is 0.843. The lowest BCUT2D eigenvalue weighted by Crippen LogP contribution is -2.44. The molecule has 2 rings (SSSR count). The topological polar surface area (TPSA) is 71.2 Å². The summed E-state index contributed by atoms with van der Waals surface area (Å²) in [5, 5.41) is 18.1. The van der Waals surface area contributed by atoms with E-state index < -0.39 is 5.97 Å². The van der Waals surface area contributed by atoms with Gasteiger partial charge in [-0.15, -0.1) is 10.2 Å². The van der Waals surface area contributed by atoms with Crippen molar-refractivity contribution in [1.29, 1.82) is 0 Å². The van der Waals surface area contributed by atoms with Crippen molar-refractivity contribution in [2.45, 2.75) is 57.8 Å². The van der Waals surface area contributed by atoms with Crippen LogP contribution in [0.25, 0.3) is 0 Å². The van der Waals surface area contributed by atoms with Gasteiger partial charge in [-0.2, -0.15) is 0 Å². The zero-order chi connectivity index (χ0) is 15.6. The van der Waals surface area contributed by atoms with E-state index in [0.717, 1.165) is 18.9 Å². The Kier molecular flexibility index (Phi) is 5.13. The Morgan fingerprint density at radius 2 is 2.14 bits per heavy atom. The molecule has 118 valence electrons. The number of carbonyl (C=O) groups is 1. The van der Waals surface area contributed by atoms with Gasteiger partial charge in [0, 0.05) is 18.6 Å². The second-order valence-corrected chi connectivity index (χ2v) is 6.92. The summed E-state index contributed by atoms with van der Waals surface area (Å²) >= 11 is 1.23. The van der Waals surface area contributed by atoms with Crippen LogP contribution in [-0.4, -0.2) is 44.2 Å². The van der Waals surface area contributed by atoms with Gasteiger partial charge in [-0.1, -0.05) is 18.7 Å². The third kappa shape index (κ3) is 3.51. The Hall–Kier alpha value is -1.24. The van der Waals surface area contributed by atoms with Gasteiger partial charge in [0.25, 0.3) is 0 Å². The lowest BCUT2D eigenvalue weighted by Gasteiger charge is -2.38. The molecular weight excluding hydrogens is 288 g/mol. The van der Waals surface area contributed by atoms with E-state index in [4.69, 9.17) is 5.11 Å². The molecule has 1 fully saturated rings. The first-order chi connectivity index (χ1) is 9.91. The first-order valence-corrected chi connectivity index (χ1v) is 8.46. The standard InChI is InChI=1S/C14H24N4O2S/c1-9(2)18-13(15-16-14(18)21-8-12(19)20)17-7-5-6-10(3)11(17)4/h9-11H,5-8H2,1-4H3,(H,19,20). The number of aliphatic carboxylic acids is 1. The highest BCUT2D eigenvalue weighted by molar-refractivity contribution is 7.99. The van der Waals surface area contributed by atoms with Gasteiger partial charge < -0.3 is 10.0 Å². The molecule has 0 saturated carbocycles. The van der Waals surface area contributed by atoms with Gasteiger partial charge >= 0.3 is 5.97 Å². The zero-order valence-corrected chi connectivity index (χ0v) is 13.9. The normalized spacial score (nSPS) is 22.8. The van der Waals surface area contributed by atoms with Gasteiger partial charge in [0.05, 0.1) is 5.75 Å². The first kappa shape index (κ1) is 16.1. The number of piperidine rings is 1. The van der Waals surface area contributed by atoms with Crippen LogP contribution in [-0.2, 0) is 4.79 Å². The Bertz CT molecular complexity index is 503. The molecule has 0 spiro atoms. The molecule has 1 aromatic rings. The molecule has 1 N–H and O–H groups in total. The molecule has 2 atom stereocenters. The van der Waals surface area contributed by atoms with E-state index >= 15 is 0 Å². The van der Waals surface area contributed by atoms with E-state index in [1.165, 1.54) is 18.2 Å². The van der Waals surface area contributed by atoms with Gasteiger partial charge in [0.2, 0.25) is 5.95 Å². The fraction of sp³-hybridized carbons (Fsp3) is 0.786. The minimum Gasteiger partial charge on any atom is -0.481 e. The van der Waals surface area contributed by atoms with Crippen LogP contribution in [0.2, 0.25) is 0 Å². The maximum Gasteiger partial charge on any atom is 0.313 e. The summed E-state index contributed by atoms with van der Waals surface area (Å²) in [6.45, 7) is 9.64. The van der Waals surface area contributed by atoms with Crippen molar-refractivity contribution in [3.8, 4) is 0 Å². The van der Waals surface area contributed by atoms with E-state index in [1.807, 2.05) is 0 Å². The second kappa shape index (κ2) is 6.68. The Labute approximate surface area is 129 Å². The average Bonchev–Trinajstić information content (AvgIpc) is 2.83. The molecule has 0 amide bonds. The molecule has 1 aliphatic heterocycles. The van der Waals surface area contributed by atoms with E-state index in [-0.39, 0.29) is 11.8 Å². The van der Waals surface area contributed by atoms with Crippen LogP contribution in [0.4, 0.5) is 5.95 Å². The molecule has 1 aliphatic rings. The molecule has 21 heavy (non-hydrogen) atoms. The monoisotopic (exact) mass is 312 g/mol. The third-order valence-corrected chi connectivity index (χ3v) is 5.05. The van der Waals surface area contributed by atoms with E-state index in [9.17, 15) is 4.79 Å². The van der Waals surface area contributed by atoms with Gasteiger partial charge in [0.1, 0.15) is 0 Å². The van der Waals surface area contributed by atoms with Crippen LogP contribution in [0.5, 0.6) is 0 Å². The minimum absolute atomic E-state index is 0.0107. The first-order valence-electron chi connectivity index (χ1n) is 7.48. The Balaban J connectivity index is 2.28. The Morgan fingerprint density at radius 3 is 2.76 bits per heavy atom. The van der Waals surface area contributed by atoms with E-state index in [0.29, 0.717) is 17.1 Å². The van der Waals surface area contributed by atoms with Crippen LogP contribution >= 0.6 is 11.8 Å². The van der Waals surface area contributed by atoms with Gasteiger partial charge in [-0.05, 0) is 39.5 Å². The summed E-state index contributed by atoms with van der Waals surface area (Å²) in [7, 11) is 0. The van der Waals surface area contributed by atoms with Crippen molar-refractivity contribution in [2.24, 2.45) is 5.92 Å². The van der Waals surface area contributed by atoms with Gasteiger partial charge in [0.15, 0.2) is 5.16 Å². The number of aromatic nitrogens is 3. The lowest BCUT2D eigenvalue weighted by atomic mass is 9.92. The highest BCUT2D eigenvalue weighted by Gasteiger charge is 2.30. The van der Waals surface area contributed by atoms with E-state index in [2.05, 4.69) is 47.4 Å². The number of hydrogen-bond acceptors (Lipinski definition) is 5. The van der Waals surface area contributed by atoms with Gasteiger partial charge in [-0.25, -0.2) is 0 Å². The maximum absolute atomic E-state index is 10.8. The van der Waals surface area contributed by atoms with Crippen LogP contribution in [0.15, 0.2) is 5.16 Å². The number of rotatable bonds is 5. The summed E-state index contributed by atoms with van der Waals surface area (Å²) in [6.07, 6.45) is 2.40. The maximum atomic E-state index is 10.8. The predicted molar refractivity (Wildman–Crippen MR) is 84.0 cm³/mol. The fourth-order valence-electron chi connectivity index (χ4n) is 2.76. The third-order valence-electron chi connectivity index (χ3n) is 4.12. The summed E-state index contributed by atoms with van der Waals surface area (Å²) in [4.78, 5) is 13.1. The second-order valence-electron chi connectivity index (χ2n) is 5.98. The number of thioether (sulfide) groups is 1. The lowest BCUT2D eigenvalue weighted by molar-refractivity contribution is -0.133. The zero-order valence-electron chi connectivity index (χ0n) is 13.1. The molecule has 0 bridgehead atoms. The van der Waals surface area contributed by atoms with Crippen LogP contribution in [0.1, 0.15) is 46.6 Å². The van der Waals surface area contributed by atoms with Crippen molar-refractivity contribution >= 4 is 23.7 Å². The SMILES string of the molecule is CC1CCCN(c2nnc(SCC(=O)O)n2C(C)C)C1C. The molecule has 7 heteroatoms. The Morgan fingerprint density at radius 1 is 1.43 bits per heavy atom. The highest BCUT2D eigenvalue weighted by Crippen LogP contribution is 2.31. The number of hydrogen-bond donors (Lipinski definition) is 1. The summed E-state index contributed by atoms with van der Waals surface area (Å²) in [6, 6.07) is 0.633. The number of nitrogens with zero attached hydrogens (tertiary/aromatic N) is 4. The van der Waals surface area contributed by atoms with Crippen molar-refractivity contribution in [3.05, 3.63) is 0 Å². The fourth-order valence-corrected chi connectivity index (χ4v) is 3.54. The molecule has 2 heterocycles. The summed E-state index contributed by atoms with van der Waals surface area (Å²) in [5.74, 6) is 0.680. The van der Waals surface area contributed by atoms with Crippen LogP contribution in [0.3, 0.4) is 0 Å². The molecule has 1 saturated heterocycles. The number of anilines is 1. The molecule has 1 aromatic heterocycles. The average molecular weight is 312 g/mol. The number of carboxylic acids is 1. The molecule has 0 radical (unpaired) electrons. The molecule has 0 aliphatic carbocycles. The van der Waals surface area contributed by atoms with Crippen molar-refractivity contribution in [3.63, 3.8) is 0 Å². The minimum atomic E-state index is -0.834. The molecule has 2 unspecified atom stereocenters. The largest absolute Gasteiger partial charge is 0.481 e. The van der Waals surface area contributed by atoms with Crippen molar-refractivity contribution in [2.75, 3.05) is 17.2 Å². The number of carboxylic acid groups (broad SMARTS) is 1. The predicted octanol–water partition coefficient (Wildman–Crippen LogP) is 2.66. The van der Waals surface area contributed by atoms with Crippen molar-refractivity contribution < 1.29 is 9.90 Å². The molecule has 6 nitrogen and oxygen atoms in total. The van der Waals surface area contributed by atoms with E-state index in [1.54, 1.807) is 0 Å². The summed E-state index contributed by atoms with van der Waals surface area (Å²) in [5.41, 5.74) is 0. The van der Waals surface area contributed by atoms with Crippen LogP contribution < -0.4 is 4.90 Å². The van der Waals surface area contributed by atoms with Crippen molar-refractivity contribution in [1.82, 2.24) is 14.8 Å². The highest BCUT2D eigenvalue weighted by atomic mass is 32.2. The van der Waals surface area contributed by atoms with Crippen LogP contribution in [0, 0.1) is 5.92 Å². The van der Waals surface area contributed by atoms with Gasteiger partial charge in [-0.3, -0.25) is 9.36 Å². The molecule has 0 aromatic carbocycles. The summed E-state index contributed by atoms with van der Waals surface area (Å²) < 4.78 is 2.06.